The van der Waals surface area contributed by atoms with Crippen LogP contribution in [0.3, 0.4) is 0 Å². The normalized spacial score (nSPS) is 13.2. The molecule has 0 saturated carbocycles. The van der Waals surface area contributed by atoms with Gasteiger partial charge in [-0.25, -0.2) is 23.5 Å². The molecule has 0 saturated heterocycles. The standard InChI is InChI=1S/C25H26FN7O3/c1-25(2,3)33(24(35)36)20-9-6-15(26)12-18(20)29-22-28-13-19-21(31-22)32(23(34)30-19)16-7-8-17-14(11-16)5-4-10-27-17/h6-9,11-13,27H,4-5,10H2,1-3H3,(H,30,34)(H,35,36)(H,28,29,31). The quantitative estimate of drug-likeness (QED) is 0.328. The highest BCUT2D eigenvalue weighted by Gasteiger charge is 2.30. The van der Waals surface area contributed by atoms with Gasteiger partial charge in [0.1, 0.15) is 11.3 Å². The van der Waals surface area contributed by atoms with Crippen molar-refractivity contribution in [3.8, 4) is 5.69 Å². The average Bonchev–Trinajstić information content (AvgIpc) is 3.14. The summed E-state index contributed by atoms with van der Waals surface area (Å²) in [6.45, 7) is 6.13. The van der Waals surface area contributed by atoms with Gasteiger partial charge in [0.25, 0.3) is 0 Å². The molecule has 0 atom stereocenters. The maximum Gasteiger partial charge on any atom is 0.412 e. The van der Waals surface area contributed by atoms with Crippen molar-refractivity contribution in [2.24, 2.45) is 0 Å². The van der Waals surface area contributed by atoms with Crippen molar-refractivity contribution >= 4 is 40.3 Å². The van der Waals surface area contributed by atoms with E-state index in [2.05, 4.69) is 25.6 Å². The Bertz CT molecular complexity index is 1540. The van der Waals surface area contributed by atoms with Crippen LogP contribution in [0.15, 0.2) is 47.4 Å². The molecule has 3 heterocycles. The highest BCUT2D eigenvalue weighted by molar-refractivity contribution is 5.93. The zero-order chi connectivity index (χ0) is 25.6. The minimum absolute atomic E-state index is 0.0842. The SMILES string of the molecule is CC(C)(C)N(C(=O)O)c1ccc(F)cc1Nc1ncc2[nH]c(=O)n(-c3ccc4c(c3)CCCN4)c2n1. The van der Waals surface area contributed by atoms with E-state index in [4.69, 9.17) is 0 Å². The molecule has 2 aromatic carbocycles. The molecule has 4 aromatic rings. The third-order valence-corrected chi connectivity index (χ3v) is 6.02. The van der Waals surface area contributed by atoms with Crippen molar-refractivity contribution in [1.82, 2.24) is 19.5 Å². The number of aryl methyl sites for hydroxylation is 1. The third kappa shape index (κ3) is 4.23. The second kappa shape index (κ2) is 8.67. The third-order valence-electron chi connectivity index (χ3n) is 6.02. The molecule has 0 bridgehead atoms. The van der Waals surface area contributed by atoms with Gasteiger partial charge in [0.15, 0.2) is 5.65 Å². The lowest BCUT2D eigenvalue weighted by atomic mass is 10.0. The van der Waals surface area contributed by atoms with Crippen molar-refractivity contribution in [2.75, 3.05) is 22.1 Å². The van der Waals surface area contributed by atoms with Crippen molar-refractivity contribution in [3.05, 3.63) is 64.5 Å². The fourth-order valence-corrected chi connectivity index (χ4v) is 4.47. The Kier molecular flexibility index (Phi) is 5.62. The molecule has 5 rings (SSSR count). The monoisotopic (exact) mass is 491 g/mol. The lowest BCUT2D eigenvalue weighted by Gasteiger charge is -2.34. The van der Waals surface area contributed by atoms with E-state index < -0.39 is 17.4 Å². The summed E-state index contributed by atoms with van der Waals surface area (Å²) in [5.41, 5.74) is 2.86. The van der Waals surface area contributed by atoms with E-state index in [0.717, 1.165) is 35.5 Å². The minimum atomic E-state index is -1.19. The van der Waals surface area contributed by atoms with Gasteiger partial charge in [-0.1, -0.05) is 0 Å². The van der Waals surface area contributed by atoms with E-state index >= 15 is 0 Å². The summed E-state index contributed by atoms with van der Waals surface area (Å²) in [5, 5.41) is 16.1. The number of hydrogen-bond acceptors (Lipinski definition) is 6. The van der Waals surface area contributed by atoms with Crippen LogP contribution in [0.1, 0.15) is 32.8 Å². The molecule has 11 heteroatoms. The molecule has 36 heavy (non-hydrogen) atoms. The molecule has 0 unspecified atom stereocenters. The number of carboxylic acid groups (broad SMARTS) is 1. The second-order valence-corrected chi connectivity index (χ2v) is 9.64. The largest absolute Gasteiger partial charge is 0.465 e. The lowest BCUT2D eigenvalue weighted by molar-refractivity contribution is 0.195. The summed E-state index contributed by atoms with van der Waals surface area (Å²) < 4.78 is 15.6. The van der Waals surface area contributed by atoms with Crippen LogP contribution in [0.25, 0.3) is 16.9 Å². The van der Waals surface area contributed by atoms with Crippen molar-refractivity contribution < 1.29 is 14.3 Å². The molecule has 2 aromatic heterocycles. The predicted molar refractivity (Wildman–Crippen MR) is 136 cm³/mol. The van der Waals surface area contributed by atoms with Crippen LogP contribution in [0.5, 0.6) is 0 Å². The number of rotatable bonds is 4. The van der Waals surface area contributed by atoms with Gasteiger partial charge >= 0.3 is 11.8 Å². The van der Waals surface area contributed by atoms with Crippen LogP contribution in [-0.2, 0) is 6.42 Å². The zero-order valence-corrected chi connectivity index (χ0v) is 20.1. The first kappa shape index (κ1) is 23.3. The topological polar surface area (TPSA) is 128 Å². The molecular formula is C25H26FN7O3. The molecule has 0 aliphatic carbocycles. The van der Waals surface area contributed by atoms with Gasteiger partial charge in [0.05, 0.1) is 23.3 Å². The number of H-pyrrole nitrogens is 1. The van der Waals surface area contributed by atoms with E-state index in [9.17, 15) is 19.1 Å². The van der Waals surface area contributed by atoms with E-state index in [1.54, 1.807) is 20.8 Å². The summed E-state index contributed by atoms with van der Waals surface area (Å²) >= 11 is 0. The first-order valence-corrected chi connectivity index (χ1v) is 11.6. The highest BCUT2D eigenvalue weighted by Crippen LogP contribution is 2.34. The van der Waals surface area contributed by atoms with Gasteiger partial charge in [-0.15, -0.1) is 0 Å². The van der Waals surface area contributed by atoms with Crippen molar-refractivity contribution in [1.29, 1.82) is 0 Å². The van der Waals surface area contributed by atoms with Crippen molar-refractivity contribution in [2.45, 2.75) is 39.2 Å². The Morgan fingerprint density at radius 1 is 1.22 bits per heavy atom. The average molecular weight is 492 g/mol. The van der Waals surface area contributed by atoms with Gasteiger partial charge < -0.3 is 20.7 Å². The number of anilines is 4. The van der Waals surface area contributed by atoms with Gasteiger partial charge in [-0.2, -0.15) is 4.98 Å². The molecule has 0 spiro atoms. The first-order chi connectivity index (χ1) is 17.1. The number of aromatic nitrogens is 4. The summed E-state index contributed by atoms with van der Waals surface area (Å²) in [7, 11) is 0. The smallest absolute Gasteiger partial charge is 0.412 e. The highest BCUT2D eigenvalue weighted by atomic mass is 19.1. The molecule has 0 radical (unpaired) electrons. The molecule has 0 fully saturated rings. The molecular weight excluding hydrogens is 465 g/mol. The van der Waals surface area contributed by atoms with Crippen LogP contribution in [0.2, 0.25) is 0 Å². The minimum Gasteiger partial charge on any atom is -0.465 e. The summed E-state index contributed by atoms with van der Waals surface area (Å²) in [6.07, 6.45) is 2.19. The van der Waals surface area contributed by atoms with Crippen LogP contribution < -0.4 is 21.2 Å². The fourth-order valence-electron chi connectivity index (χ4n) is 4.47. The molecule has 1 aliphatic rings. The summed E-state index contributed by atoms with van der Waals surface area (Å²) in [6, 6.07) is 9.53. The van der Waals surface area contributed by atoms with Gasteiger partial charge in [0, 0.05) is 17.8 Å². The Labute approximate surface area is 205 Å². The second-order valence-electron chi connectivity index (χ2n) is 9.64. The van der Waals surface area contributed by atoms with Gasteiger partial charge in [-0.05, 0) is 75.6 Å². The molecule has 186 valence electrons. The number of imidazole rings is 1. The Morgan fingerprint density at radius 3 is 2.78 bits per heavy atom. The van der Waals surface area contributed by atoms with Crippen LogP contribution >= 0.6 is 0 Å². The van der Waals surface area contributed by atoms with Gasteiger partial charge in [0.2, 0.25) is 5.95 Å². The van der Waals surface area contributed by atoms with Crippen molar-refractivity contribution in [3.63, 3.8) is 0 Å². The van der Waals surface area contributed by atoms with Crippen LogP contribution in [0, 0.1) is 5.82 Å². The van der Waals surface area contributed by atoms with E-state index in [-0.39, 0.29) is 23.0 Å². The Morgan fingerprint density at radius 2 is 2.03 bits per heavy atom. The van der Waals surface area contributed by atoms with E-state index in [0.29, 0.717) is 16.9 Å². The van der Waals surface area contributed by atoms with Crippen LogP contribution in [-0.4, -0.2) is 42.8 Å². The maximum atomic E-state index is 14.2. The van der Waals surface area contributed by atoms with Gasteiger partial charge in [-0.3, -0.25) is 4.90 Å². The summed E-state index contributed by atoms with van der Waals surface area (Å²) in [4.78, 5) is 37.6. The van der Waals surface area contributed by atoms with Crippen LogP contribution in [0.4, 0.5) is 32.2 Å². The number of halogens is 1. The number of benzene rings is 2. The number of nitrogens with one attached hydrogen (secondary N) is 3. The Hall–Kier alpha value is -4.41. The lowest BCUT2D eigenvalue weighted by Crippen LogP contribution is -2.45. The zero-order valence-electron chi connectivity index (χ0n) is 20.1. The predicted octanol–water partition coefficient (Wildman–Crippen LogP) is 4.63. The number of fused-ring (bicyclic) bond motifs is 2. The first-order valence-electron chi connectivity index (χ1n) is 11.6. The molecule has 10 nitrogen and oxygen atoms in total. The number of hydrogen-bond donors (Lipinski definition) is 4. The number of aromatic amines is 1. The molecule has 1 amide bonds. The van der Waals surface area contributed by atoms with E-state index in [1.165, 1.54) is 29.0 Å². The number of nitrogens with zero attached hydrogens (tertiary/aromatic N) is 4. The van der Waals surface area contributed by atoms with E-state index in [1.807, 2.05) is 18.2 Å². The Balaban J connectivity index is 1.58. The molecule has 4 N–H and O–H groups in total. The molecule has 1 aliphatic heterocycles. The maximum absolute atomic E-state index is 14.2. The number of carbonyl (C=O) groups is 1. The summed E-state index contributed by atoms with van der Waals surface area (Å²) in [5.74, 6) is -0.469. The fraction of sp³-hybridized carbons (Fsp3) is 0.280. The number of amides is 1.